The first-order chi connectivity index (χ1) is 54.9. The number of halogens is 4. The van der Waals surface area contributed by atoms with E-state index in [4.69, 9.17) is 84.3 Å². The fourth-order valence-electron chi connectivity index (χ4n) is 14.8. The second-order valence-corrected chi connectivity index (χ2v) is 30.9. The van der Waals surface area contributed by atoms with E-state index in [2.05, 4.69) is 0 Å². The molecule has 4 aliphatic rings. The second-order valence-electron chi connectivity index (χ2n) is 29.2. The van der Waals surface area contributed by atoms with Gasteiger partial charge in [0.2, 0.25) is 0 Å². The van der Waals surface area contributed by atoms with Crippen LogP contribution in [0.3, 0.4) is 0 Å². The summed E-state index contributed by atoms with van der Waals surface area (Å²) in [6.07, 6.45) is -25.6. The predicted molar refractivity (Wildman–Crippen MR) is 417 cm³/mol. The molecule has 0 aliphatic carbocycles. The van der Waals surface area contributed by atoms with Crippen LogP contribution in [0.15, 0.2) is 182 Å². The van der Waals surface area contributed by atoms with Crippen LogP contribution < -0.4 is 18.9 Å². The Kier molecular flexibility index (Phi) is 28.0. The number of ether oxygens (including phenoxy) is 8. The molecule has 28 heteroatoms. The topological polar surface area (TPSA) is 398 Å². The Hall–Kier alpha value is -7.46. The lowest BCUT2D eigenvalue weighted by molar-refractivity contribution is -0.231. The Balaban J connectivity index is 0.777. The van der Waals surface area contributed by atoms with Crippen molar-refractivity contribution in [2.24, 2.45) is 0 Å². The number of hydrogen-bond acceptors (Lipinski definition) is 24. The van der Waals surface area contributed by atoms with Crippen molar-refractivity contribution in [3.05, 3.63) is 291 Å². The first kappa shape index (κ1) is 84.5. The van der Waals surface area contributed by atoms with Gasteiger partial charge >= 0.3 is 0 Å². The number of hydrogen-bond donors (Lipinski definition) is 16. The van der Waals surface area contributed by atoms with Crippen LogP contribution in [0.4, 0.5) is 0 Å². The normalized spacial score (nSPS) is 27.8. The average molecular weight is 1650 g/mol. The first-order valence-corrected chi connectivity index (χ1v) is 38.7. The van der Waals surface area contributed by atoms with Gasteiger partial charge < -0.3 is 120 Å². The van der Waals surface area contributed by atoms with E-state index in [0.29, 0.717) is 113 Å². The zero-order valence-corrected chi connectivity index (χ0v) is 64.3. The van der Waals surface area contributed by atoms with E-state index in [9.17, 15) is 81.7 Å². The molecule has 9 aromatic carbocycles. The van der Waals surface area contributed by atoms with Gasteiger partial charge in [-0.1, -0.05) is 143 Å². The molecular formula is C86H90Cl4O24. The fraction of sp³-hybridized carbons (Fsp3) is 0.372. The van der Waals surface area contributed by atoms with Gasteiger partial charge in [0.15, 0.2) is 0 Å². The summed E-state index contributed by atoms with van der Waals surface area (Å²) in [5.74, 6) is 2.06. The van der Waals surface area contributed by atoms with Gasteiger partial charge in [0, 0.05) is 20.1 Å². The highest BCUT2D eigenvalue weighted by Gasteiger charge is 2.48. The van der Waals surface area contributed by atoms with Crippen LogP contribution in [0, 0.1) is 0 Å². The lowest BCUT2D eigenvalue weighted by Gasteiger charge is -2.40. The Morgan fingerprint density at radius 2 is 0.421 bits per heavy atom. The van der Waals surface area contributed by atoms with E-state index in [1.165, 1.54) is 0 Å². The Morgan fingerprint density at radius 3 is 0.605 bits per heavy atom. The van der Waals surface area contributed by atoms with Gasteiger partial charge in [0.1, 0.15) is 172 Å². The van der Waals surface area contributed by atoms with Gasteiger partial charge in [-0.3, -0.25) is 0 Å². The summed E-state index contributed by atoms with van der Waals surface area (Å²) in [7, 11) is 0. The average Bonchev–Trinajstić information content (AvgIpc) is 0.798. The van der Waals surface area contributed by atoms with Crippen molar-refractivity contribution < 1.29 is 120 Å². The number of aliphatic hydroxyl groups excluding tert-OH is 16. The number of rotatable bonds is 28. The molecular weight excluding hydrogens is 1560 g/mol. The van der Waals surface area contributed by atoms with Crippen molar-refractivity contribution in [1.29, 1.82) is 0 Å². The largest absolute Gasteiger partial charge is 0.489 e. The van der Waals surface area contributed by atoms with Crippen molar-refractivity contribution in [3.63, 3.8) is 0 Å². The third-order valence-electron chi connectivity index (χ3n) is 21.5. The lowest BCUT2D eigenvalue weighted by Crippen LogP contribution is -2.55. The summed E-state index contributed by atoms with van der Waals surface area (Å²) in [6.45, 7) is -2.18. The molecule has 4 fully saturated rings. The maximum absolute atomic E-state index is 10.9. The molecule has 606 valence electrons. The SMILES string of the molecule is OC[C@H]1O[C@H](c2ccc(Cl)c(Cc3ccc(OCc4cc(COc5ccc(Cc6cc([C@@H]7O[C@H](CO)[C@@H](O)[C@H](O)[C@H]7O)ccc6Cl)cc5)c(COc5ccc(Cc6cc([C@@H]7O[C@H](CO)[C@@H](O)[C@H](O)[C@H]7O)ccc6Cl)cc5)cc4COc4ccc(Cc5cc([C@@H]6O[C@H](CO)[C@@H](O)[C@H](O)[C@H]6O)ccc5Cl)cc4)cc3)c2)[C@H](O)[C@@H](O)[C@@H]1O. The van der Waals surface area contributed by atoms with Gasteiger partial charge in [-0.25, -0.2) is 0 Å². The zero-order valence-electron chi connectivity index (χ0n) is 61.3. The van der Waals surface area contributed by atoms with Crippen LogP contribution in [-0.4, -0.2) is 206 Å². The summed E-state index contributed by atoms with van der Waals surface area (Å²) in [5.41, 5.74) is 11.0. The molecule has 0 amide bonds. The van der Waals surface area contributed by atoms with E-state index < -0.39 is 149 Å². The standard InChI is InChI=1S/C86H90Cl4O24/c87-63-21-9-47(83-79(103)75(99)71(95)67(35-91)111-83)29-51(63)25-43-1-13-59(14-2-43)107-39-55-33-57(41-109-61-17-5-45(6-18-61)27-53-31-49(11-23-65(53)89)85-81(105)77(101)73(97)69(37-93)113-85)58(42-110-62-19-7-46(8-20-62)28-54-32-50(12-24-66(54)90)86-82(106)78(102)74(98)70(38-94)114-86)34-56(55)40-108-60-15-3-44(4-16-60)26-52-30-48(10-22-64(52)88)84-80(104)76(100)72(96)68(36-92)112-84/h1-24,29-34,67-86,91-106H,25-28,35-42H2/t67-,68-,69-,70-,71-,72-,73-,74-,75+,76+,77+,78+,79-,80-,81-,82-,83-,84+,85+,86+/m1/s1. The number of aliphatic hydroxyl groups is 16. The minimum Gasteiger partial charge on any atom is -0.489 e. The smallest absolute Gasteiger partial charge is 0.119 e. The molecule has 9 aromatic rings. The van der Waals surface area contributed by atoms with Crippen LogP contribution in [0.1, 0.15) is 113 Å². The van der Waals surface area contributed by atoms with Gasteiger partial charge in [-0.15, -0.1) is 0 Å². The van der Waals surface area contributed by atoms with Crippen molar-refractivity contribution in [2.75, 3.05) is 26.4 Å². The minimum absolute atomic E-state index is 0.0345. The van der Waals surface area contributed by atoms with Crippen LogP contribution >= 0.6 is 46.4 Å². The molecule has 0 aromatic heterocycles. The highest BCUT2D eigenvalue weighted by atomic mass is 35.5. The van der Waals surface area contributed by atoms with Gasteiger partial charge in [0.05, 0.1) is 26.4 Å². The Labute approximate surface area is 676 Å². The molecule has 0 unspecified atom stereocenters. The molecule has 0 bridgehead atoms. The monoisotopic (exact) mass is 1650 g/mol. The number of benzene rings is 9. The summed E-state index contributed by atoms with van der Waals surface area (Å²) in [5, 5.41) is 169. The minimum atomic E-state index is -1.57. The van der Waals surface area contributed by atoms with Crippen molar-refractivity contribution in [1.82, 2.24) is 0 Å². The van der Waals surface area contributed by atoms with E-state index in [1.54, 1.807) is 72.8 Å². The lowest BCUT2D eigenvalue weighted by atomic mass is 9.90. The highest BCUT2D eigenvalue weighted by molar-refractivity contribution is 6.32. The third kappa shape index (κ3) is 19.4. The molecule has 13 rings (SSSR count). The molecule has 0 saturated carbocycles. The molecule has 4 saturated heterocycles. The van der Waals surface area contributed by atoms with Gasteiger partial charge in [-0.2, -0.15) is 0 Å². The zero-order chi connectivity index (χ0) is 80.8. The molecule has 4 aliphatic heterocycles. The van der Waals surface area contributed by atoms with E-state index in [0.717, 1.165) is 44.5 Å². The van der Waals surface area contributed by atoms with E-state index >= 15 is 0 Å². The highest BCUT2D eigenvalue weighted by Crippen LogP contribution is 2.41. The van der Waals surface area contributed by atoms with Crippen LogP contribution in [0.5, 0.6) is 23.0 Å². The van der Waals surface area contributed by atoms with E-state index in [-0.39, 0.29) is 26.4 Å². The van der Waals surface area contributed by atoms with Crippen LogP contribution in [-0.2, 0) is 71.1 Å². The Bertz CT molecular complexity index is 4110. The summed E-state index contributed by atoms with van der Waals surface area (Å²) in [6, 6.07) is 53.9. The Morgan fingerprint density at radius 1 is 0.228 bits per heavy atom. The molecule has 4 heterocycles. The summed E-state index contributed by atoms with van der Waals surface area (Å²) >= 11 is 27.0. The first-order valence-electron chi connectivity index (χ1n) is 37.2. The summed E-state index contributed by atoms with van der Waals surface area (Å²) in [4.78, 5) is 0. The quantitative estimate of drug-likeness (QED) is 0.0234. The molecule has 0 radical (unpaired) electrons. The van der Waals surface area contributed by atoms with E-state index in [1.807, 2.05) is 109 Å². The molecule has 0 spiro atoms. The second kappa shape index (κ2) is 37.9. The predicted octanol–water partition coefficient (Wildman–Crippen LogP) is 7.04. The summed E-state index contributed by atoms with van der Waals surface area (Å²) < 4.78 is 49.9. The van der Waals surface area contributed by atoms with Gasteiger partial charge in [0.25, 0.3) is 0 Å². The van der Waals surface area contributed by atoms with Crippen LogP contribution in [0.2, 0.25) is 20.1 Å². The maximum atomic E-state index is 10.9. The van der Waals surface area contributed by atoms with Crippen molar-refractivity contribution >= 4 is 46.4 Å². The van der Waals surface area contributed by atoms with Gasteiger partial charge in [-0.05, 0) is 200 Å². The third-order valence-corrected chi connectivity index (χ3v) is 23.0. The molecule has 114 heavy (non-hydrogen) atoms. The van der Waals surface area contributed by atoms with Crippen molar-refractivity contribution in [2.45, 2.75) is 174 Å². The molecule has 24 nitrogen and oxygen atoms in total. The van der Waals surface area contributed by atoms with Crippen LogP contribution in [0.25, 0.3) is 0 Å². The maximum Gasteiger partial charge on any atom is 0.119 e. The fourth-order valence-corrected chi connectivity index (χ4v) is 15.5. The molecule has 16 N–H and O–H groups in total. The van der Waals surface area contributed by atoms with Crippen molar-refractivity contribution in [3.8, 4) is 23.0 Å². The molecule has 20 atom stereocenters.